The molecule has 1 atom stereocenters. The Bertz CT molecular complexity index is 148. The van der Waals surface area contributed by atoms with Crippen LogP contribution in [0.5, 0.6) is 0 Å². The van der Waals surface area contributed by atoms with Crippen LogP contribution in [-0.2, 0) is 4.79 Å². The summed E-state index contributed by atoms with van der Waals surface area (Å²) in [7, 11) is 0. The Morgan fingerprint density at radius 3 is 2.64 bits per heavy atom. The lowest BCUT2D eigenvalue weighted by molar-refractivity contribution is 0.555. The smallest absolute Gasteiger partial charge is 0.123 e. The molecule has 0 bridgehead atoms. The molecule has 0 rings (SSSR count). The van der Waals surface area contributed by atoms with Gasteiger partial charge in [-0.1, -0.05) is 20.3 Å². The molecular formula is C9H17NO. The molecule has 0 aromatic carbocycles. The second kappa shape index (κ2) is 6.14. The van der Waals surface area contributed by atoms with Crippen LogP contribution in [0.4, 0.5) is 0 Å². The third-order valence-corrected chi connectivity index (χ3v) is 1.88. The first-order chi connectivity index (χ1) is 5.26. The van der Waals surface area contributed by atoms with E-state index < -0.39 is 0 Å². The summed E-state index contributed by atoms with van der Waals surface area (Å²) < 4.78 is 0. The highest BCUT2D eigenvalue weighted by Gasteiger charge is 2.06. The van der Waals surface area contributed by atoms with Crippen molar-refractivity contribution in [1.29, 1.82) is 0 Å². The summed E-state index contributed by atoms with van der Waals surface area (Å²) in [6, 6.07) is 0. The number of hydrogen-bond acceptors (Lipinski definition) is 2. The zero-order chi connectivity index (χ0) is 8.69. The van der Waals surface area contributed by atoms with Gasteiger partial charge in [-0.15, -0.1) is 0 Å². The van der Waals surface area contributed by atoms with Crippen molar-refractivity contribution in [1.82, 2.24) is 0 Å². The van der Waals surface area contributed by atoms with Crippen molar-refractivity contribution in [2.75, 3.05) is 6.54 Å². The summed E-state index contributed by atoms with van der Waals surface area (Å²) in [5, 5.41) is 0. The lowest BCUT2D eigenvalue weighted by Gasteiger charge is -2.08. The van der Waals surface area contributed by atoms with Gasteiger partial charge in [-0.3, -0.25) is 0 Å². The molecule has 64 valence electrons. The molecule has 0 spiro atoms. The first-order valence-corrected chi connectivity index (χ1v) is 4.20. The lowest BCUT2D eigenvalue weighted by Crippen LogP contribution is -2.13. The minimum Gasteiger partial charge on any atom is -0.330 e. The van der Waals surface area contributed by atoms with Crippen molar-refractivity contribution in [3.63, 3.8) is 0 Å². The molecule has 0 aromatic rings. The van der Waals surface area contributed by atoms with Gasteiger partial charge >= 0.3 is 0 Å². The molecule has 2 N–H and O–H groups in total. The zero-order valence-electron chi connectivity index (χ0n) is 7.39. The van der Waals surface area contributed by atoms with Gasteiger partial charge in [0.2, 0.25) is 0 Å². The molecule has 0 aliphatic carbocycles. The molecule has 0 radical (unpaired) electrons. The first kappa shape index (κ1) is 10.4. The van der Waals surface area contributed by atoms with Crippen LogP contribution in [0.15, 0.2) is 5.57 Å². The number of hydrogen-bond donors (Lipinski definition) is 1. The van der Waals surface area contributed by atoms with Crippen LogP contribution in [0.1, 0.15) is 33.1 Å². The predicted octanol–water partition coefficient (Wildman–Crippen LogP) is 1.53. The quantitative estimate of drug-likeness (QED) is 0.612. The molecule has 1 unspecified atom stereocenters. The average molecular weight is 155 g/mol. The number of nitrogens with two attached hydrogens (primary N) is 1. The Balaban J connectivity index is 3.87. The van der Waals surface area contributed by atoms with Crippen molar-refractivity contribution < 1.29 is 4.79 Å². The van der Waals surface area contributed by atoms with Crippen molar-refractivity contribution in [3.8, 4) is 0 Å². The Morgan fingerprint density at radius 2 is 2.27 bits per heavy atom. The van der Waals surface area contributed by atoms with E-state index in [1.165, 1.54) is 0 Å². The molecule has 0 aliphatic rings. The van der Waals surface area contributed by atoms with Crippen LogP contribution in [0.2, 0.25) is 0 Å². The molecule has 2 heteroatoms. The van der Waals surface area contributed by atoms with E-state index in [1.54, 1.807) is 0 Å². The van der Waals surface area contributed by atoms with Crippen molar-refractivity contribution in [3.05, 3.63) is 5.57 Å². The van der Waals surface area contributed by atoms with Crippen molar-refractivity contribution in [2.45, 2.75) is 33.1 Å². The van der Waals surface area contributed by atoms with Crippen molar-refractivity contribution in [2.24, 2.45) is 11.7 Å². The lowest BCUT2D eigenvalue weighted by atomic mass is 9.98. The van der Waals surface area contributed by atoms with Crippen LogP contribution in [0, 0.1) is 5.92 Å². The zero-order valence-corrected chi connectivity index (χ0v) is 7.39. The summed E-state index contributed by atoms with van der Waals surface area (Å²) in [5.41, 5.74) is 6.26. The Labute approximate surface area is 68.5 Å². The second-order valence-electron chi connectivity index (χ2n) is 2.87. The monoisotopic (exact) mass is 155 g/mol. The molecule has 0 amide bonds. The number of carbonyl (C=O) groups excluding carboxylic acids is 1. The van der Waals surface area contributed by atoms with E-state index in [0.717, 1.165) is 24.8 Å². The SMILES string of the molecule is CCCCC(=C=O)C(C)CN. The van der Waals surface area contributed by atoms with Crippen molar-refractivity contribution >= 4 is 5.94 Å². The summed E-state index contributed by atoms with van der Waals surface area (Å²) in [6.45, 7) is 4.62. The highest BCUT2D eigenvalue weighted by molar-refractivity contribution is 5.53. The molecule has 2 nitrogen and oxygen atoms in total. The van der Waals surface area contributed by atoms with E-state index in [-0.39, 0.29) is 5.92 Å². The molecule has 0 heterocycles. The Hall–Kier alpha value is -0.590. The topological polar surface area (TPSA) is 43.1 Å². The molecular weight excluding hydrogens is 138 g/mol. The Morgan fingerprint density at radius 1 is 1.64 bits per heavy atom. The molecule has 0 aliphatic heterocycles. The number of unbranched alkanes of at least 4 members (excludes halogenated alkanes) is 1. The van der Waals surface area contributed by atoms with Gasteiger partial charge in [-0.25, -0.2) is 4.79 Å². The largest absolute Gasteiger partial charge is 0.330 e. The van der Waals surface area contributed by atoms with E-state index in [0.29, 0.717) is 6.54 Å². The fraction of sp³-hybridized carbons (Fsp3) is 0.778. The molecule has 0 saturated carbocycles. The minimum atomic E-state index is 0.207. The summed E-state index contributed by atoms with van der Waals surface area (Å²) in [5.74, 6) is 2.18. The van der Waals surface area contributed by atoms with Gasteiger partial charge in [-0.2, -0.15) is 0 Å². The van der Waals surface area contributed by atoms with E-state index >= 15 is 0 Å². The second-order valence-corrected chi connectivity index (χ2v) is 2.87. The van der Waals surface area contributed by atoms with E-state index in [9.17, 15) is 4.79 Å². The van der Waals surface area contributed by atoms with Crippen LogP contribution in [-0.4, -0.2) is 12.5 Å². The van der Waals surface area contributed by atoms with Gasteiger partial charge in [0, 0.05) is 11.5 Å². The molecule has 0 aromatic heterocycles. The average Bonchev–Trinajstić information content (AvgIpc) is 2.05. The van der Waals surface area contributed by atoms with E-state index in [4.69, 9.17) is 5.73 Å². The maximum Gasteiger partial charge on any atom is 0.123 e. The highest BCUT2D eigenvalue weighted by Crippen LogP contribution is 2.12. The normalized spacial score (nSPS) is 12.3. The maximum atomic E-state index is 10.4. The summed E-state index contributed by atoms with van der Waals surface area (Å²) >= 11 is 0. The van der Waals surface area contributed by atoms with Crippen LogP contribution >= 0.6 is 0 Å². The standard InChI is InChI=1S/C9H17NO/c1-3-4-5-9(7-11)8(2)6-10/h8H,3-6,10H2,1-2H3. The molecule has 0 saturated heterocycles. The fourth-order valence-corrected chi connectivity index (χ4v) is 0.908. The summed E-state index contributed by atoms with van der Waals surface area (Å²) in [6.07, 6.45) is 3.04. The fourth-order valence-electron chi connectivity index (χ4n) is 0.908. The van der Waals surface area contributed by atoms with E-state index in [1.807, 2.05) is 12.9 Å². The van der Waals surface area contributed by atoms with Crippen LogP contribution < -0.4 is 5.73 Å². The van der Waals surface area contributed by atoms with Gasteiger partial charge in [0.15, 0.2) is 0 Å². The Kier molecular flexibility index (Phi) is 5.81. The summed E-state index contributed by atoms with van der Waals surface area (Å²) in [4.78, 5) is 10.4. The van der Waals surface area contributed by atoms with E-state index in [2.05, 4.69) is 6.92 Å². The molecule has 11 heavy (non-hydrogen) atoms. The van der Waals surface area contributed by atoms with Crippen LogP contribution in [0.3, 0.4) is 0 Å². The third-order valence-electron chi connectivity index (χ3n) is 1.88. The van der Waals surface area contributed by atoms with Crippen LogP contribution in [0.25, 0.3) is 0 Å². The van der Waals surface area contributed by atoms with Gasteiger partial charge in [-0.05, 0) is 19.4 Å². The highest BCUT2D eigenvalue weighted by atomic mass is 16.1. The minimum absolute atomic E-state index is 0.207. The molecule has 0 fully saturated rings. The first-order valence-electron chi connectivity index (χ1n) is 4.20. The predicted molar refractivity (Wildman–Crippen MR) is 46.9 cm³/mol. The van der Waals surface area contributed by atoms with Gasteiger partial charge < -0.3 is 5.73 Å². The van der Waals surface area contributed by atoms with Gasteiger partial charge in [0.1, 0.15) is 5.94 Å². The van der Waals surface area contributed by atoms with Gasteiger partial charge in [0.25, 0.3) is 0 Å². The third kappa shape index (κ3) is 3.97. The maximum absolute atomic E-state index is 10.4. The van der Waals surface area contributed by atoms with Gasteiger partial charge in [0.05, 0.1) is 0 Å². The number of rotatable bonds is 5.